The number of anilines is 3. The van der Waals surface area contributed by atoms with Gasteiger partial charge in [0.1, 0.15) is 0 Å². The number of hydrogen-bond acceptors (Lipinski definition) is 5. The number of para-hydroxylation sites is 2. The maximum Gasteiger partial charge on any atom is 0.342 e. The minimum Gasteiger partial charge on any atom is -0.372 e. The maximum absolute atomic E-state index is 14.6. The molecule has 3 heterocycles. The fourth-order valence-corrected chi connectivity index (χ4v) is 6.35. The smallest absolute Gasteiger partial charge is 0.342 e. The summed E-state index contributed by atoms with van der Waals surface area (Å²) in [5.41, 5.74) is 0.951. The Morgan fingerprint density at radius 2 is 1.41 bits per heavy atom. The third-order valence-corrected chi connectivity index (χ3v) is 7.83. The number of urea groups is 1. The molecule has 6 rings (SSSR count). The molecule has 0 saturated carbocycles. The van der Waals surface area contributed by atoms with E-state index in [9.17, 15) is 14.4 Å². The lowest BCUT2D eigenvalue weighted by Crippen LogP contribution is -2.76. The van der Waals surface area contributed by atoms with Crippen molar-refractivity contribution < 1.29 is 19.1 Å². The lowest BCUT2D eigenvalue weighted by molar-refractivity contribution is -0.150. The highest BCUT2D eigenvalue weighted by atomic mass is 35.5. The van der Waals surface area contributed by atoms with Crippen LogP contribution in [0.15, 0.2) is 78.9 Å². The van der Waals surface area contributed by atoms with Crippen LogP contribution in [0.3, 0.4) is 0 Å². The molecule has 3 aliphatic heterocycles. The molecule has 3 aromatic rings. The van der Waals surface area contributed by atoms with Gasteiger partial charge in [0.15, 0.2) is 5.41 Å². The first-order valence-electron chi connectivity index (χ1n) is 12.4. The predicted octanol–water partition coefficient (Wildman–Crippen LogP) is 5.06. The van der Waals surface area contributed by atoms with Crippen molar-refractivity contribution in [3.8, 4) is 0 Å². The van der Waals surface area contributed by atoms with Gasteiger partial charge >= 0.3 is 6.03 Å². The molecule has 7 nitrogen and oxygen atoms in total. The monoisotopic (exact) mass is 515 g/mol. The van der Waals surface area contributed by atoms with Crippen molar-refractivity contribution >= 4 is 46.5 Å². The number of carbonyl (C=O) groups excluding carboxylic acids is 3. The van der Waals surface area contributed by atoms with Gasteiger partial charge in [0.2, 0.25) is 0 Å². The lowest BCUT2D eigenvalue weighted by Gasteiger charge is -2.57. The second kappa shape index (κ2) is 8.71. The number of amides is 4. The van der Waals surface area contributed by atoms with Crippen LogP contribution in [0.2, 0.25) is 5.02 Å². The molecule has 1 spiro atoms. The van der Waals surface area contributed by atoms with Gasteiger partial charge in [0, 0.05) is 17.3 Å². The minimum absolute atomic E-state index is 0.125. The quantitative estimate of drug-likeness (QED) is 0.446. The van der Waals surface area contributed by atoms with Crippen LogP contribution in [0.25, 0.3) is 0 Å². The van der Waals surface area contributed by atoms with Crippen molar-refractivity contribution in [2.24, 2.45) is 5.41 Å². The number of imide groups is 2. The van der Waals surface area contributed by atoms with Crippen LogP contribution in [-0.2, 0) is 20.7 Å². The molecule has 3 atom stereocenters. The van der Waals surface area contributed by atoms with Gasteiger partial charge in [-0.1, -0.05) is 54.1 Å². The Balaban J connectivity index is 1.61. The summed E-state index contributed by atoms with van der Waals surface area (Å²) in [6.45, 7) is 4.34. The van der Waals surface area contributed by atoms with Gasteiger partial charge in [0.05, 0.1) is 29.6 Å². The zero-order valence-electron chi connectivity index (χ0n) is 20.5. The van der Waals surface area contributed by atoms with Crippen LogP contribution in [0.4, 0.5) is 21.9 Å². The van der Waals surface area contributed by atoms with E-state index in [0.29, 0.717) is 22.9 Å². The molecule has 37 heavy (non-hydrogen) atoms. The second-order valence-electron chi connectivity index (χ2n) is 9.90. The average Bonchev–Trinajstić information content (AvgIpc) is 2.89. The Bertz CT molecular complexity index is 1340. The molecular weight excluding hydrogens is 490 g/mol. The Morgan fingerprint density at radius 1 is 0.838 bits per heavy atom. The number of rotatable bonds is 2. The summed E-state index contributed by atoms with van der Waals surface area (Å²) in [7, 11) is 0. The van der Waals surface area contributed by atoms with Gasteiger partial charge in [-0.3, -0.25) is 9.59 Å². The number of barbiturate groups is 1. The molecule has 0 aromatic heterocycles. The third-order valence-electron chi connectivity index (χ3n) is 7.59. The maximum atomic E-state index is 14.6. The number of hydrogen-bond donors (Lipinski definition) is 0. The van der Waals surface area contributed by atoms with E-state index in [-0.39, 0.29) is 12.5 Å². The van der Waals surface area contributed by atoms with Crippen molar-refractivity contribution in [3.63, 3.8) is 0 Å². The standard InChI is InChI=1S/C29H26ClN3O4/c1-18-17-31-24-15-21(30)14-13-20(24)16-29(25(31)19(2)37-18)26(34)32(22-9-5-3-6-10-22)28(36)33(27(29)35)23-11-7-4-8-12-23/h3-15,18-19,25H,16-17H2,1-2H3/t18-,19+,25+/m1/s1. The summed E-state index contributed by atoms with van der Waals surface area (Å²) in [6.07, 6.45) is -0.466. The third kappa shape index (κ3) is 3.49. The van der Waals surface area contributed by atoms with Gasteiger partial charge in [-0.05, 0) is 62.2 Å². The predicted molar refractivity (Wildman–Crippen MR) is 142 cm³/mol. The molecule has 3 aromatic carbocycles. The second-order valence-corrected chi connectivity index (χ2v) is 10.3. The van der Waals surface area contributed by atoms with Crippen molar-refractivity contribution in [1.29, 1.82) is 0 Å². The molecule has 0 unspecified atom stereocenters. The summed E-state index contributed by atoms with van der Waals surface area (Å²) in [5.74, 6) is -1.08. The first-order chi connectivity index (χ1) is 17.8. The van der Waals surface area contributed by atoms with E-state index in [2.05, 4.69) is 4.90 Å². The summed E-state index contributed by atoms with van der Waals surface area (Å²) < 4.78 is 6.23. The van der Waals surface area contributed by atoms with Crippen molar-refractivity contribution in [3.05, 3.63) is 89.4 Å². The van der Waals surface area contributed by atoms with E-state index < -0.39 is 35.4 Å². The van der Waals surface area contributed by atoms with Crippen LogP contribution in [0.5, 0.6) is 0 Å². The van der Waals surface area contributed by atoms with Crippen LogP contribution in [0, 0.1) is 5.41 Å². The number of carbonyl (C=O) groups is 3. The molecule has 0 aliphatic carbocycles. The van der Waals surface area contributed by atoms with E-state index in [1.165, 1.54) is 0 Å². The molecule has 8 heteroatoms. The molecular formula is C29H26ClN3O4. The van der Waals surface area contributed by atoms with Gasteiger partial charge in [-0.2, -0.15) is 0 Å². The summed E-state index contributed by atoms with van der Waals surface area (Å²) in [6, 6.07) is 21.7. The first-order valence-corrected chi connectivity index (χ1v) is 12.7. The van der Waals surface area contributed by atoms with Crippen molar-refractivity contribution in [1.82, 2.24) is 0 Å². The summed E-state index contributed by atoms with van der Waals surface area (Å²) >= 11 is 6.39. The van der Waals surface area contributed by atoms with Crippen molar-refractivity contribution in [2.45, 2.75) is 38.5 Å². The molecule has 2 saturated heterocycles. The van der Waals surface area contributed by atoms with Crippen LogP contribution < -0.4 is 14.7 Å². The minimum atomic E-state index is -1.60. The fraction of sp³-hybridized carbons (Fsp3) is 0.276. The Kier molecular flexibility index (Phi) is 5.58. The van der Waals surface area contributed by atoms with E-state index >= 15 is 0 Å². The molecule has 3 aliphatic rings. The number of ether oxygens (including phenoxy) is 1. The SMILES string of the molecule is C[C@@H]1CN2c3cc(Cl)ccc3CC3(C(=O)N(c4ccccc4)C(=O)N(c4ccccc4)C3=O)[C@@H]2[C@H](C)O1. The zero-order valence-corrected chi connectivity index (χ0v) is 21.3. The Hall–Kier alpha value is -3.68. The highest BCUT2D eigenvalue weighted by Crippen LogP contribution is 2.50. The molecule has 0 N–H and O–H groups in total. The van der Waals surface area contributed by atoms with Crippen LogP contribution >= 0.6 is 11.6 Å². The number of benzene rings is 3. The molecule has 0 radical (unpaired) electrons. The molecule has 2 fully saturated rings. The van der Waals surface area contributed by atoms with E-state index in [1.54, 1.807) is 54.6 Å². The number of morpholine rings is 1. The topological polar surface area (TPSA) is 70.2 Å². The molecule has 188 valence electrons. The molecule has 0 bridgehead atoms. The largest absolute Gasteiger partial charge is 0.372 e. The molecule has 4 amide bonds. The van der Waals surface area contributed by atoms with Gasteiger partial charge < -0.3 is 9.64 Å². The number of nitrogens with zero attached hydrogens (tertiary/aromatic N) is 3. The average molecular weight is 516 g/mol. The van der Waals surface area contributed by atoms with Crippen LogP contribution in [0.1, 0.15) is 19.4 Å². The Labute approximate surface area is 220 Å². The zero-order chi connectivity index (χ0) is 25.9. The van der Waals surface area contributed by atoms with E-state index in [0.717, 1.165) is 21.1 Å². The summed E-state index contributed by atoms with van der Waals surface area (Å²) in [4.78, 5) is 47.5. The van der Waals surface area contributed by atoms with Gasteiger partial charge in [0.25, 0.3) is 11.8 Å². The fourth-order valence-electron chi connectivity index (χ4n) is 6.18. The van der Waals surface area contributed by atoms with Gasteiger partial charge in [-0.15, -0.1) is 0 Å². The first kappa shape index (κ1) is 23.7. The number of fused-ring (bicyclic) bond motifs is 4. The van der Waals surface area contributed by atoms with Crippen molar-refractivity contribution in [2.75, 3.05) is 21.2 Å². The highest BCUT2D eigenvalue weighted by molar-refractivity contribution is 6.39. The highest BCUT2D eigenvalue weighted by Gasteiger charge is 2.67. The van der Waals surface area contributed by atoms with E-state index in [4.69, 9.17) is 16.3 Å². The summed E-state index contributed by atoms with van der Waals surface area (Å²) in [5, 5.41) is 0.577. The number of halogens is 1. The Morgan fingerprint density at radius 3 is 1.97 bits per heavy atom. The lowest BCUT2D eigenvalue weighted by atomic mass is 9.65. The van der Waals surface area contributed by atoms with E-state index in [1.807, 2.05) is 38.1 Å². The van der Waals surface area contributed by atoms with Gasteiger partial charge in [-0.25, -0.2) is 14.6 Å². The van der Waals surface area contributed by atoms with Crippen LogP contribution in [-0.4, -0.2) is 42.6 Å². The normalized spacial score (nSPS) is 24.8.